The first kappa shape index (κ1) is 12.6. The van der Waals surface area contributed by atoms with Crippen LogP contribution in [-0.2, 0) is 0 Å². The quantitative estimate of drug-likeness (QED) is 0.406. The summed E-state index contributed by atoms with van der Waals surface area (Å²) in [5.41, 5.74) is 0.843. The predicted octanol–water partition coefficient (Wildman–Crippen LogP) is 5.27. The van der Waals surface area contributed by atoms with E-state index in [1.165, 1.54) is 11.3 Å². The van der Waals surface area contributed by atoms with E-state index in [-0.39, 0.29) is 0 Å². The lowest BCUT2D eigenvalue weighted by Crippen LogP contribution is -1.90. The largest absolute Gasteiger partial charge is 0.227 e. The minimum absolute atomic E-state index is 0.470. The number of hydrogen-bond acceptors (Lipinski definition) is 3. The minimum Gasteiger partial charge on any atom is -0.227 e. The summed E-state index contributed by atoms with van der Waals surface area (Å²) in [6, 6.07) is 9.65. The Labute approximate surface area is 131 Å². The Morgan fingerprint density at radius 2 is 1.89 bits per heavy atom. The van der Waals surface area contributed by atoms with Crippen LogP contribution in [0, 0.1) is 3.57 Å². The molecular weight excluding hydrogens is 402 g/mol. The number of aromatic nitrogens is 2. The molecule has 0 radical (unpaired) electrons. The zero-order valence-corrected chi connectivity index (χ0v) is 13.3. The second kappa shape index (κ2) is 4.92. The molecule has 0 fully saturated rings. The summed E-state index contributed by atoms with van der Waals surface area (Å²) in [6.07, 6.45) is 0. The van der Waals surface area contributed by atoms with Crippen LogP contribution in [0.5, 0.6) is 0 Å². The summed E-state index contributed by atoms with van der Waals surface area (Å²) >= 11 is 15.8. The highest BCUT2D eigenvalue weighted by Gasteiger charge is 2.10. The van der Waals surface area contributed by atoms with E-state index in [2.05, 4.69) is 32.6 Å². The molecule has 0 atom stereocenters. The van der Waals surface area contributed by atoms with Gasteiger partial charge >= 0.3 is 0 Å². The molecule has 0 spiro atoms. The van der Waals surface area contributed by atoms with Gasteiger partial charge in [-0.1, -0.05) is 23.2 Å². The van der Waals surface area contributed by atoms with Gasteiger partial charge in [0.25, 0.3) is 0 Å². The predicted molar refractivity (Wildman–Crippen MR) is 85.6 cm³/mol. The van der Waals surface area contributed by atoms with Crippen molar-refractivity contribution in [2.75, 3.05) is 0 Å². The second-order valence-corrected chi connectivity index (χ2v) is 6.92. The van der Waals surface area contributed by atoms with Crippen LogP contribution in [0.2, 0.25) is 9.49 Å². The van der Waals surface area contributed by atoms with Crippen LogP contribution in [0.25, 0.3) is 21.6 Å². The number of benzene rings is 1. The smallest absolute Gasteiger partial charge is 0.171 e. The van der Waals surface area contributed by atoms with Gasteiger partial charge in [0.2, 0.25) is 0 Å². The van der Waals surface area contributed by atoms with Crippen molar-refractivity contribution < 1.29 is 0 Å². The van der Waals surface area contributed by atoms with Crippen molar-refractivity contribution in [2.24, 2.45) is 0 Å². The Morgan fingerprint density at radius 1 is 1.06 bits per heavy atom. The lowest BCUT2D eigenvalue weighted by atomic mass is 10.2. The zero-order chi connectivity index (χ0) is 12.7. The molecule has 0 aliphatic heterocycles. The molecule has 0 saturated heterocycles. The molecule has 0 amide bonds. The summed E-state index contributed by atoms with van der Waals surface area (Å²) < 4.78 is 1.82. The van der Waals surface area contributed by atoms with Gasteiger partial charge in [-0.05, 0) is 52.9 Å². The van der Waals surface area contributed by atoms with Crippen molar-refractivity contribution in [1.29, 1.82) is 0 Å². The number of hydrogen-bond donors (Lipinski definition) is 0. The maximum atomic E-state index is 6.21. The summed E-state index contributed by atoms with van der Waals surface area (Å²) in [6.45, 7) is 0. The van der Waals surface area contributed by atoms with Gasteiger partial charge < -0.3 is 0 Å². The third kappa shape index (κ3) is 2.34. The molecule has 2 heterocycles. The standard InChI is InChI=1S/C12H5Cl2IN2S/c13-10-4-3-9(18-10)12-16-8-2-1-6(15)5-7(8)11(14)17-12/h1-5H. The molecule has 0 bridgehead atoms. The first-order valence-electron chi connectivity index (χ1n) is 5.02. The molecule has 0 aliphatic rings. The van der Waals surface area contributed by atoms with Crippen LogP contribution in [0.15, 0.2) is 30.3 Å². The van der Waals surface area contributed by atoms with E-state index >= 15 is 0 Å². The van der Waals surface area contributed by atoms with Crippen molar-refractivity contribution in [2.45, 2.75) is 0 Å². The molecule has 0 unspecified atom stereocenters. The summed E-state index contributed by atoms with van der Waals surface area (Å²) in [5, 5.41) is 1.34. The Bertz CT molecular complexity index is 742. The molecule has 0 aliphatic carbocycles. The maximum Gasteiger partial charge on any atom is 0.171 e. The molecule has 3 rings (SSSR count). The van der Waals surface area contributed by atoms with Gasteiger partial charge in [-0.25, -0.2) is 9.97 Å². The van der Waals surface area contributed by atoms with E-state index in [4.69, 9.17) is 23.2 Å². The summed E-state index contributed by atoms with van der Waals surface area (Å²) in [4.78, 5) is 9.76. The van der Waals surface area contributed by atoms with Crippen molar-refractivity contribution >= 4 is 68.0 Å². The van der Waals surface area contributed by atoms with Crippen molar-refractivity contribution in [3.05, 3.63) is 43.4 Å². The number of halogens is 3. The average Bonchev–Trinajstić information content (AvgIpc) is 2.77. The van der Waals surface area contributed by atoms with Crippen LogP contribution >= 0.6 is 57.1 Å². The van der Waals surface area contributed by atoms with E-state index < -0.39 is 0 Å². The molecule has 18 heavy (non-hydrogen) atoms. The maximum absolute atomic E-state index is 6.21. The number of nitrogens with zero attached hydrogens (tertiary/aromatic N) is 2. The first-order chi connectivity index (χ1) is 8.63. The SMILES string of the molecule is Clc1ccc(-c2nc(Cl)c3cc(I)ccc3n2)s1. The fraction of sp³-hybridized carbons (Fsp3) is 0. The average molecular weight is 407 g/mol. The van der Waals surface area contributed by atoms with Crippen molar-refractivity contribution in [3.63, 3.8) is 0 Å². The Balaban J connectivity index is 2.24. The fourth-order valence-electron chi connectivity index (χ4n) is 1.61. The monoisotopic (exact) mass is 406 g/mol. The lowest BCUT2D eigenvalue weighted by Gasteiger charge is -2.03. The van der Waals surface area contributed by atoms with E-state index in [1.54, 1.807) is 0 Å². The summed E-state index contributed by atoms with van der Waals surface area (Å²) in [5.74, 6) is 0.616. The second-order valence-electron chi connectivity index (χ2n) is 3.60. The van der Waals surface area contributed by atoms with Crippen LogP contribution < -0.4 is 0 Å². The normalized spacial score (nSPS) is 11.1. The van der Waals surface area contributed by atoms with Crippen LogP contribution in [0.3, 0.4) is 0 Å². The molecule has 2 aromatic heterocycles. The van der Waals surface area contributed by atoms with Crippen LogP contribution in [0.4, 0.5) is 0 Å². The number of thiophene rings is 1. The summed E-state index contributed by atoms with van der Waals surface area (Å²) in [7, 11) is 0. The number of rotatable bonds is 1. The van der Waals surface area contributed by atoms with Gasteiger partial charge in [-0.3, -0.25) is 0 Å². The molecule has 1 aromatic carbocycles. The Hall–Kier alpha value is -0.430. The first-order valence-corrected chi connectivity index (χ1v) is 7.67. The van der Waals surface area contributed by atoms with E-state index in [0.29, 0.717) is 15.3 Å². The van der Waals surface area contributed by atoms with E-state index in [1.807, 2.05) is 30.3 Å². The molecule has 6 heteroatoms. The van der Waals surface area contributed by atoms with Crippen molar-refractivity contribution in [3.8, 4) is 10.7 Å². The van der Waals surface area contributed by atoms with Crippen molar-refractivity contribution in [1.82, 2.24) is 9.97 Å². The molecule has 90 valence electrons. The van der Waals surface area contributed by atoms with Crippen LogP contribution in [0.1, 0.15) is 0 Å². The lowest BCUT2D eigenvalue weighted by molar-refractivity contribution is 1.24. The van der Waals surface area contributed by atoms with Gasteiger partial charge in [-0.15, -0.1) is 11.3 Å². The van der Waals surface area contributed by atoms with Gasteiger partial charge in [0, 0.05) is 8.96 Å². The minimum atomic E-state index is 0.470. The van der Waals surface area contributed by atoms with E-state index in [0.717, 1.165) is 19.4 Å². The molecular formula is C12H5Cl2IN2S. The molecule has 0 N–H and O–H groups in total. The highest BCUT2D eigenvalue weighted by molar-refractivity contribution is 14.1. The van der Waals surface area contributed by atoms with Gasteiger partial charge in [0.15, 0.2) is 5.82 Å². The van der Waals surface area contributed by atoms with E-state index in [9.17, 15) is 0 Å². The third-order valence-electron chi connectivity index (χ3n) is 2.40. The highest BCUT2D eigenvalue weighted by atomic mass is 127. The van der Waals surface area contributed by atoms with Gasteiger partial charge in [0.05, 0.1) is 14.7 Å². The Morgan fingerprint density at radius 3 is 2.61 bits per heavy atom. The molecule has 2 nitrogen and oxygen atoms in total. The fourth-order valence-corrected chi connectivity index (χ4v) is 3.31. The zero-order valence-electron chi connectivity index (χ0n) is 8.82. The molecule has 3 aromatic rings. The number of fused-ring (bicyclic) bond motifs is 1. The highest BCUT2D eigenvalue weighted by Crippen LogP contribution is 2.31. The third-order valence-corrected chi connectivity index (χ3v) is 4.59. The topological polar surface area (TPSA) is 25.8 Å². The molecule has 0 saturated carbocycles. The van der Waals surface area contributed by atoms with Gasteiger partial charge in [0.1, 0.15) is 5.15 Å². The Kier molecular flexibility index (Phi) is 3.44. The van der Waals surface area contributed by atoms with Crippen LogP contribution in [-0.4, -0.2) is 9.97 Å². The van der Waals surface area contributed by atoms with Gasteiger partial charge in [-0.2, -0.15) is 0 Å².